The highest BCUT2D eigenvalue weighted by atomic mass is 32.1. The molecule has 0 amide bonds. The molecular formula is C14H13NO3S. The van der Waals surface area contributed by atoms with Gasteiger partial charge in [-0.3, -0.25) is 14.2 Å². The lowest BCUT2D eigenvalue weighted by Crippen LogP contribution is -2.15. The van der Waals surface area contributed by atoms with E-state index < -0.39 is 5.97 Å². The van der Waals surface area contributed by atoms with E-state index in [1.807, 2.05) is 18.2 Å². The zero-order chi connectivity index (χ0) is 13.4. The summed E-state index contributed by atoms with van der Waals surface area (Å²) in [5, 5.41) is 8.68. The van der Waals surface area contributed by atoms with E-state index >= 15 is 0 Å². The van der Waals surface area contributed by atoms with Crippen molar-refractivity contribution in [1.82, 2.24) is 4.57 Å². The number of hydrogen-bond donors (Lipinski definition) is 1. The number of benzene rings is 1. The summed E-state index contributed by atoms with van der Waals surface area (Å²) in [6, 6.07) is 8.08. The van der Waals surface area contributed by atoms with Gasteiger partial charge in [0.2, 0.25) is 0 Å². The van der Waals surface area contributed by atoms with Crippen LogP contribution in [-0.4, -0.2) is 15.6 Å². The molecule has 3 rings (SSSR count). The number of carbonyl (C=O) groups is 1. The molecule has 0 saturated heterocycles. The van der Waals surface area contributed by atoms with Crippen LogP contribution in [-0.2, 0) is 17.8 Å². The van der Waals surface area contributed by atoms with Gasteiger partial charge in [-0.15, -0.1) is 0 Å². The average molecular weight is 275 g/mol. The number of aliphatic carboxylic acids is 1. The van der Waals surface area contributed by atoms with Crippen molar-refractivity contribution in [2.45, 2.75) is 25.8 Å². The first-order chi connectivity index (χ1) is 9.16. The van der Waals surface area contributed by atoms with Crippen molar-refractivity contribution in [2.24, 2.45) is 0 Å². The Morgan fingerprint density at radius 2 is 2.16 bits per heavy atom. The molecule has 1 aromatic carbocycles. The Labute approximate surface area is 113 Å². The van der Waals surface area contributed by atoms with E-state index in [9.17, 15) is 9.59 Å². The minimum Gasteiger partial charge on any atom is -0.481 e. The van der Waals surface area contributed by atoms with Crippen LogP contribution in [0.4, 0.5) is 0 Å². The van der Waals surface area contributed by atoms with Crippen molar-refractivity contribution in [3.8, 4) is 11.3 Å². The lowest BCUT2D eigenvalue weighted by atomic mass is 10.1. The van der Waals surface area contributed by atoms with E-state index in [-0.39, 0.29) is 11.3 Å². The summed E-state index contributed by atoms with van der Waals surface area (Å²) < 4.78 is 1.73. The minimum absolute atomic E-state index is 0.0184. The summed E-state index contributed by atoms with van der Waals surface area (Å²) in [5.74, 6) is -0.819. The van der Waals surface area contributed by atoms with Gasteiger partial charge in [0.15, 0.2) is 0 Å². The first kappa shape index (κ1) is 12.2. The standard InChI is InChI=1S/C14H13NO3S/c16-12(17)6-3-7-15-13-10-5-2-1-4-9(10)8-11(13)19-14(15)18/h1-2,4-5H,3,6-8H2,(H,16,17). The van der Waals surface area contributed by atoms with E-state index in [0.717, 1.165) is 22.6 Å². The fourth-order valence-electron chi connectivity index (χ4n) is 2.54. The number of aromatic nitrogens is 1. The molecule has 5 heteroatoms. The number of carboxylic acids is 1. The van der Waals surface area contributed by atoms with Crippen molar-refractivity contribution in [2.75, 3.05) is 0 Å². The predicted molar refractivity (Wildman–Crippen MR) is 73.7 cm³/mol. The first-order valence-electron chi connectivity index (χ1n) is 6.19. The lowest BCUT2D eigenvalue weighted by molar-refractivity contribution is -0.137. The number of fused-ring (bicyclic) bond motifs is 3. The highest BCUT2D eigenvalue weighted by Crippen LogP contribution is 2.37. The molecule has 0 radical (unpaired) electrons. The molecule has 1 aliphatic carbocycles. The number of carboxylic acid groups (broad SMARTS) is 1. The minimum atomic E-state index is -0.819. The molecular weight excluding hydrogens is 262 g/mol. The molecule has 2 aromatic rings. The van der Waals surface area contributed by atoms with Crippen LogP contribution in [0.3, 0.4) is 0 Å². The normalized spacial score (nSPS) is 12.2. The van der Waals surface area contributed by atoms with Gasteiger partial charge in [0.1, 0.15) is 0 Å². The topological polar surface area (TPSA) is 59.3 Å². The van der Waals surface area contributed by atoms with Gasteiger partial charge in [-0.25, -0.2) is 0 Å². The van der Waals surface area contributed by atoms with Crippen LogP contribution in [0.2, 0.25) is 0 Å². The molecule has 0 saturated carbocycles. The van der Waals surface area contributed by atoms with Gasteiger partial charge in [-0.05, 0) is 12.0 Å². The number of nitrogens with zero attached hydrogens (tertiary/aromatic N) is 1. The Hall–Kier alpha value is -1.88. The van der Waals surface area contributed by atoms with E-state index in [1.165, 1.54) is 16.9 Å². The third-order valence-electron chi connectivity index (χ3n) is 3.36. The molecule has 19 heavy (non-hydrogen) atoms. The fraction of sp³-hybridized carbons (Fsp3) is 0.286. The molecule has 0 fully saturated rings. The van der Waals surface area contributed by atoms with Crippen LogP contribution in [0.1, 0.15) is 23.3 Å². The molecule has 1 N–H and O–H groups in total. The second-order valence-electron chi connectivity index (χ2n) is 4.62. The maximum atomic E-state index is 12.0. The summed E-state index contributed by atoms with van der Waals surface area (Å²) in [5.41, 5.74) is 3.36. The van der Waals surface area contributed by atoms with Crippen LogP contribution in [0.15, 0.2) is 29.1 Å². The van der Waals surface area contributed by atoms with Crippen LogP contribution in [0.5, 0.6) is 0 Å². The second-order valence-corrected chi connectivity index (χ2v) is 5.67. The Morgan fingerprint density at radius 1 is 1.37 bits per heavy atom. The van der Waals surface area contributed by atoms with Crippen molar-refractivity contribution in [3.05, 3.63) is 44.4 Å². The predicted octanol–water partition coefficient (Wildman–Crippen LogP) is 2.35. The summed E-state index contributed by atoms with van der Waals surface area (Å²) in [6.07, 6.45) is 1.40. The molecule has 1 heterocycles. The second kappa shape index (κ2) is 4.66. The smallest absolute Gasteiger partial charge is 0.307 e. The van der Waals surface area contributed by atoms with Crippen LogP contribution in [0.25, 0.3) is 11.3 Å². The van der Waals surface area contributed by atoms with Crippen molar-refractivity contribution in [3.63, 3.8) is 0 Å². The van der Waals surface area contributed by atoms with Gasteiger partial charge >= 0.3 is 10.8 Å². The van der Waals surface area contributed by atoms with E-state index in [0.29, 0.717) is 13.0 Å². The SMILES string of the molecule is O=C(O)CCCn1c2c(sc1=O)Cc1ccccc1-2. The first-order valence-corrected chi connectivity index (χ1v) is 7.01. The van der Waals surface area contributed by atoms with Crippen LogP contribution >= 0.6 is 11.3 Å². The zero-order valence-electron chi connectivity index (χ0n) is 10.3. The van der Waals surface area contributed by atoms with Crippen molar-refractivity contribution in [1.29, 1.82) is 0 Å². The number of rotatable bonds is 4. The maximum absolute atomic E-state index is 12.0. The Kier molecular flexibility index (Phi) is 2.98. The van der Waals surface area contributed by atoms with Gasteiger partial charge in [0.05, 0.1) is 5.69 Å². The van der Waals surface area contributed by atoms with Gasteiger partial charge in [-0.1, -0.05) is 35.6 Å². The van der Waals surface area contributed by atoms with Gasteiger partial charge < -0.3 is 5.11 Å². The van der Waals surface area contributed by atoms with Gasteiger partial charge in [0.25, 0.3) is 0 Å². The highest BCUT2D eigenvalue weighted by Gasteiger charge is 2.24. The van der Waals surface area contributed by atoms with Crippen LogP contribution < -0.4 is 4.87 Å². The fourth-order valence-corrected chi connectivity index (χ4v) is 3.58. The third-order valence-corrected chi connectivity index (χ3v) is 4.34. The molecule has 1 aromatic heterocycles. The molecule has 98 valence electrons. The lowest BCUT2D eigenvalue weighted by Gasteiger charge is -2.06. The molecule has 0 aliphatic heterocycles. The van der Waals surface area contributed by atoms with Crippen LogP contribution in [0, 0.1) is 0 Å². The summed E-state index contributed by atoms with van der Waals surface area (Å²) in [4.78, 5) is 23.7. The molecule has 0 atom stereocenters. The van der Waals surface area contributed by atoms with E-state index in [1.54, 1.807) is 4.57 Å². The van der Waals surface area contributed by atoms with Crippen molar-refractivity contribution >= 4 is 17.3 Å². The molecule has 4 nitrogen and oxygen atoms in total. The Bertz CT molecular complexity index is 699. The quantitative estimate of drug-likeness (QED) is 0.795. The summed E-state index contributed by atoms with van der Waals surface area (Å²) in [6.45, 7) is 0.477. The molecule has 0 unspecified atom stereocenters. The maximum Gasteiger partial charge on any atom is 0.307 e. The average Bonchev–Trinajstić information content (AvgIpc) is 2.85. The monoisotopic (exact) mass is 275 g/mol. The highest BCUT2D eigenvalue weighted by molar-refractivity contribution is 7.09. The number of hydrogen-bond acceptors (Lipinski definition) is 3. The molecule has 0 spiro atoms. The van der Waals surface area contributed by atoms with E-state index in [4.69, 9.17) is 5.11 Å². The number of thiazole rings is 1. The summed E-state index contributed by atoms with van der Waals surface area (Å²) in [7, 11) is 0. The van der Waals surface area contributed by atoms with E-state index in [2.05, 4.69) is 6.07 Å². The van der Waals surface area contributed by atoms with Gasteiger partial charge in [0, 0.05) is 29.8 Å². The van der Waals surface area contributed by atoms with Crippen molar-refractivity contribution < 1.29 is 9.90 Å². The van der Waals surface area contributed by atoms with Gasteiger partial charge in [-0.2, -0.15) is 0 Å². The Balaban J connectivity index is 1.96. The molecule has 0 bridgehead atoms. The zero-order valence-corrected chi connectivity index (χ0v) is 11.1. The summed E-state index contributed by atoms with van der Waals surface area (Å²) >= 11 is 1.28. The largest absolute Gasteiger partial charge is 0.481 e. The third kappa shape index (κ3) is 2.10. The Morgan fingerprint density at radius 3 is 2.95 bits per heavy atom. The molecule has 1 aliphatic rings.